The van der Waals surface area contributed by atoms with Crippen LogP contribution in [-0.2, 0) is 17.6 Å². The van der Waals surface area contributed by atoms with Crippen molar-refractivity contribution in [3.05, 3.63) is 95.2 Å². The van der Waals surface area contributed by atoms with Gasteiger partial charge in [0.15, 0.2) is 0 Å². The molecule has 0 unspecified atom stereocenters. The Morgan fingerprint density at radius 2 is 1.68 bits per heavy atom. The highest BCUT2D eigenvalue weighted by molar-refractivity contribution is 7.99. The second-order valence-corrected chi connectivity index (χ2v) is 11.7. The number of aryl methyl sites for hydroxylation is 1. The normalized spacial score (nSPS) is 14.7. The van der Waals surface area contributed by atoms with E-state index in [1.54, 1.807) is 23.9 Å². The Bertz CT molecular complexity index is 1440. The molecule has 4 aromatic rings. The number of nitrogens with zero attached hydrogens (tertiary/aromatic N) is 2. The van der Waals surface area contributed by atoms with Crippen LogP contribution < -0.4 is 0 Å². The van der Waals surface area contributed by atoms with Crippen molar-refractivity contribution in [2.24, 2.45) is 0 Å². The Balaban J connectivity index is 1.29. The van der Waals surface area contributed by atoms with E-state index in [1.165, 1.54) is 23.4 Å². The number of thioether (sulfide) groups is 1. The molecule has 0 spiro atoms. The van der Waals surface area contributed by atoms with Crippen molar-refractivity contribution >= 4 is 28.6 Å². The summed E-state index contributed by atoms with van der Waals surface area (Å²) in [4.78, 5) is 14.6. The van der Waals surface area contributed by atoms with E-state index >= 15 is 0 Å². The van der Waals surface area contributed by atoms with Crippen LogP contribution in [0.25, 0.3) is 16.6 Å². The summed E-state index contributed by atoms with van der Waals surface area (Å²) in [6.45, 7) is 5.31. The number of aromatic nitrogens is 1. The largest absolute Gasteiger partial charge is 0.481 e. The van der Waals surface area contributed by atoms with Gasteiger partial charge in [-0.25, -0.2) is 8.78 Å². The van der Waals surface area contributed by atoms with Gasteiger partial charge in [-0.15, -0.1) is 11.8 Å². The third-order valence-electron chi connectivity index (χ3n) is 7.93. The highest BCUT2D eigenvalue weighted by Gasteiger charge is 2.27. The molecule has 1 N–H and O–H groups in total. The fourth-order valence-corrected chi connectivity index (χ4v) is 6.79. The molecule has 40 heavy (non-hydrogen) atoms. The van der Waals surface area contributed by atoms with Crippen molar-refractivity contribution in [2.45, 2.75) is 56.3 Å². The Labute approximate surface area is 239 Å². The van der Waals surface area contributed by atoms with Gasteiger partial charge in [0.1, 0.15) is 11.6 Å². The third-order valence-corrected chi connectivity index (χ3v) is 9.02. The summed E-state index contributed by atoms with van der Waals surface area (Å²) in [5.41, 5.74) is 5.43. The molecule has 0 amide bonds. The average molecular weight is 563 g/mol. The van der Waals surface area contributed by atoms with Gasteiger partial charge in [0.25, 0.3) is 0 Å². The fraction of sp³-hybridized carbons (Fsp3) is 0.364. The van der Waals surface area contributed by atoms with Gasteiger partial charge in [0, 0.05) is 28.1 Å². The molecule has 1 aliphatic rings. The molecule has 0 saturated carbocycles. The molecule has 4 nitrogen and oxygen atoms in total. The number of carbonyl (C=O) groups is 1. The highest BCUT2D eigenvalue weighted by atomic mass is 32.2. The SMILES string of the molecule is CCc1c(C2CCN(CCCSc3ccc(F)cc3)CC2)c2ccc(F)cc2n1-c1ccc(CCC(=O)O)cc1. The maximum atomic E-state index is 14.5. The number of carboxylic acid groups (broad SMARTS) is 1. The maximum absolute atomic E-state index is 14.5. The molecule has 0 radical (unpaired) electrons. The molecular formula is C33H36F2N2O2S. The summed E-state index contributed by atoms with van der Waals surface area (Å²) in [7, 11) is 0. The van der Waals surface area contributed by atoms with Crippen LogP contribution in [0.4, 0.5) is 8.78 Å². The van der Waals surface area contributed by atoms with Gasteiger partial charge < -0.3 is 14.6 Å². The number of rotatable bonds is 11. The van der Waals surface area contributed by atoms with Gasteiger partial charge >= 0.3 is 5.97 Å². The van der Waals surface area contributed by atoms with Gasteiger partial charge in [0.05, 0.1) is 5.52 Å². The number of piperidine rings is 1. The zero-order valence-corrected chi connectivity index (χ0v) is 23.7. The van der Waals surface area contributed by atoms with E-state index in [9.17, 15) is 13.6 Å². The van der Waals surface area contributed by atoms with Crippen molar-refractivity contribution in [1.82, 2.24) is 9.47 Å². The first-order chi connectivity index (χ1) is 19.4. The van der Waals surface area contributed by atoms with Gasteiger partial charge in [-0.2, -0.15) is 0 Å². The smallest absolute Gasteiger partial charge is 0.303 e. The first-order valence-electron chi connectivity index (χ1n) is 14.2. The Kier molecular flexibility index (Phi) is 9.22. The quantitative estimate of drug-likeness (QED) is 0.149. The van der Waals surface area contributed by atoms with E-state index in [-0.39, 0.29) is 18.1 Å². The van der Waals surface area contributed by atoms with Gasteiger partial charge in [-0.05, 0) is 129 Å². The average Bonchev–Trinajstić information content (AvgIpc) is 3.29. The second-order valence-electron chi connectivity index (χ2n) is 10.5. The topological polar surface area (TPSA) is 45.5 Å². The van der Waals surface area contributed by atoms with E-state index in [1.807, 2.05) is 42.5 Å². The molecule has 1 fully saturated rings. The number of fused-ring (bicyclic) bond motifs is 1. The summed E-state index contributed by atoms with van der Waals surface area (Å²) in [6, 6.07) is 19.9. The molecule has 3 aromatic carbocycles. The Morgan fingerprint density at radius 1 is 0.975 bits per heavy atom. The molecule has 0 bridgehead atoms. The van der Waals surface area contributed by atoms with E-state index in [0.29, 0.717) is 12.3 Å². The molecule has 1 aliphatic heterocycles. The first kappa shape index (κ1) is 28.4. The number of carboxylic acids is 1. The minimum atomic E-state index is -0.802. The molecule has 0 aliphatic carbocycles. The molecular weight excluding hydrogens is 526 g/mol. The lowest BCUT2D eigenvalue weighted by Crippen LogP contribution is -2.34. The number of hydrogen-bond acceptors (Lipinski definition) is 3. The van der Waals surface area contributed by atoms with Crippen LogP contribution in [0.5, 0.6) is 0 Å². The minimum absolute atomic E-state index is 0.104. The van der Waals surface area contributed by atoms with E-state index in [2.05, 4.69) is 16.4 Å². The molecule has 0 atom stereocenters. The lowest BCUT2D eigenvalue weighted by molar-refractivity contribution is -0.136. The van der Waals surface area contributed by atoms with Gasteiger partial charge in [-0.1, -0.05) is 19.1 Å². The lowest BCUT2D eigenvalue weighted by Gasteiger charge is -2.32. The van der Waals surface area contributed by atoms with E-state index in [0.717, 1.165) is 78.1 Å². The second kappa shape index (κ2) is 13.0. The summed E-state index contributed by atoms with van der Waals surface area (Å²) in [5.74, 6) is 0.191. The number of benzene rings is 3. The number of likely N-dealkylation sites (tertiary alicyclic amines) is 1. The Morgan fingerprint density at radius 3 is 2.35 bits per heavy atom. The predicted octanol–water partition coefficient (Wildman–Crippen LogP) is 7.85. The maximum Gasteiger partial charge on any atom is 0.303 e. The van der Waals surface area contributed by atoms with Crippen LogP contribution in [0.3, 0.4) is 0 Å². The van der Waals surface area contributed by atoms with Crippen molar-refractivity contribution in [1.29, 1.82) is 0 Å². The van der Waals surface area contributed by atoms with Crippen LogP contribution >= 0.6 is 11.8 Å². The predicted molar refractivity (Wildman–Crippen MR) is 159 cm³/mol. The summed E-state index contributed by atoms with van der Waals surface area (Å²) >= 11 is 1.78. The van der Waals surface area contributed by atoms with Crippen molar-refractivity contribution in [2.75, 3.05) is 25.4 Å². The zero-order valence-electron chi connectivity index (χ0n) is 22.9. The number of hydrogen-bond donors (Lipinski definition) is 1. The van der Waals surface area contributed by atoms with Gasteiger partial charge in [0.2, 0.25) is 0 Å². The third kappa shape index (κ3) is 6.58. The van der Waals surface area contributed by atoms with E-state index < -0.39 is 5.97 Å². The summed E-state index contributed by atoms with van der Waals surface area (Å²) < 4.78 is 29.8. The molecule has 5 rings (SSSR count). The van der Waals surface area contributed by atoms with Crippen LogP contribution in [0, 0.1) is 11.6 Å². The Hall–Kier alpha value is -3.16. The van der Waals surface area contributed by atoms with Crippen molar-refractivity contribution < 1.29 is 18.7 Å². The molecule has 1 saturated heterocycles. The summed E-state index contributed by atoms with van der Waals surface area (Å²) in [6.07, 6.45) is 4.67. The van der Waals surface area contributed by atoms with Crippen LogP contribution in [0.15, 0.2) is 71.6 Å². The van der Waals surface area contributed by atoms with Gasteiger partial charge in [-0.3, -0.25) is 4.79 Å². The molecule has 2 heterocycles. The van der Waals surface area contributed by atoms with E-state index in [4.69, 9.17) is 5.11 Å². The fourth-order valence-electron chi connectivity index (χ4n) is 5.96. The molecule has 7 heteroatoms. The number of aliphatic carboxylic acids is 1. The standard InChI is InChI=1S/C33H36F2N2O2S/c1-2-30-33(24-16-19-36(20-17-24)18-3-21-40-28-12-7-25(34)8-13-28)29-14-9-26(35)22-31(29)37(30)27-10-4-23(5-11-27)6-15-32(38)39/h4-5,7-14,22,24H,2-3,6,15-21H2,1H3,(H,38,39). The first-order valence-corrected chi connectivity index (χ1v) is 15.2. The van der Waals surface area contributed by atoms with Crippen LogP contribution in [-0.4, -0.2) is 45.9 Å². The minimum Gasteiger partial charge on any atom is -0.481 e. The highest BCUT2D eigenvalue weighted by Crippen LogP contribution is 2.40. The van der Waals surface area contributed by atoms with Crippen LogP contribution in [0.1, 0.15) is 55.3 Å². The molecule has 1 aromatic heterocycles. The number of halogens is 2. The summed E-state index contributed by atoms with van der Waals surface area (Å²) in [5, 5.41) is 10.1. The lowest BCUT2D eigenvalue weighted by atomic mass is 9.87. The zero-order chi connectivity index (χ0) is 28.1. The van der Waals surface area contributed by atoms with Crippen molar-refractivity contribution in [3.63, 3.8) is 0 Å². The monoisotopic (exact) mass is 562 g/mol. The van der Waals surface area contributed by atoms with Crippen molar-refractivity contribution in [3.8, 4) is 5.69 Å². The van der Waals surface area contributed by atoms with Crippen LogP contribution in [0.2, 0.25) is 0 Å². The molecule has 210 valence electrons.